The standard InChI is InChI=1S/C28H40F3N5O3S/c1-17(2)11-33-26(40)36-14-20-9-21(34-23-5-7-39-15-24(23)38-3)10-27(20,16-36)25(37)35-6-4-22-18(13-35)8-19(12-32-22)28(29,30)31/h8,12,17,20-21,23-24,34H,4-7,9-11,13-16H2,1-3H3,(H,33,40)/t20-,21+,23?,24?,27-/m0/s1. The van der Waals surface area contributed by atoms with Gasteiger partial charge in [0.2, 0.25) is 5.91 Å². The van der Waals surface area contributed by atoms with Gasteiger partial charge in [-0.15, -0.1) is 0 Å². The number of alkyl halides is 3. The van der Waals surface area contributed by atoms with E-state index in [1.165, 1.54) is 0 Å². The molecule has 0 aromatic carbocycles. The Labute approximate surface area is 239 Å². The number of aromatic nitrogens is 1. The minimum absolute atomic E-state index is 0.00860. The number of hydrogen-bond acceptors (Lipinski definition) is 6. The summed E-state index contributed by atoms with van der Waals surface area (Å²) in [7, 11) is 1.69. The van der Waals surface area contributed by atoms with Crippen LogP contribution in [0.1, 0.15) is 49.9 Å². The number of thiocarbonyl (C=S) groups is 1. The van der Waals surface area contributed by atoms with Crippen LogP contribution in [0.3, 0.4) is 0 Å². The summed E-state index contributed by atoms with van der Waals surface area (Å²) in [6.45, 7) is 7.97. The van der Waals surface area contributed by atoms with Crippen LogP contribution in [0.25, 0.3) is 0 Å². The highest BCUT2D eigenvalue weighted by Gasteiger charge is 2.59. The molecule has 2 unspecified atom stereocenters. The van der Waals surface area contributed by atoms with Gasteiger partial charge in [0.25, 0.3) is 0 Å². The second-order valence-corrected chi connectivity index (χ2v) is 12.6. The zero-order valence-electron chi connectivity index (χ0n) is 23.4. The predicted molar refractivity (Wildman–Crippen MR) is 147 cm³/mol. The summed E-state index contributed by atoms with van der Waals surface area (Å²) in [6, 6.07) is 1.43. The van der Waals surface area contributed by atoms with E-state index < -0.39 is 17.2 Å². The summed E-state index contributed by atoms with van der Waals surface area (Å²) >= 11 is 5.72. The van der Waals surface area contributed by atoms with Crippen LogP contribution in [0.5, 0.6) is 0 Å². The largest absolute Gasteiger partial charge is 0.417 e. The van der Waals surface area contributed by atoms with Gasteiger partial charge in [-0.1, -0.05) is 13.8 Å². The molecule has 4 heterocycles. The van der Waals surface area contributed by atoms with Crippen molar-refractivity contribution >= 4 is 23.2 Å². The lowest BCUT2D eigenvalue weighted by molar-refractivity contribution is -0.143. The lowest BCUT2D eigenvalue weighted by atomic mass is 9.78. The molecule has 1 aromatic rings. The lowest BCUT2D eigenvalue weighted by Crippen LogP contribution is -2.52. The molecular weight excluding hydrogens is 543 g/mol. The number of halogens is 3. The smallest absolute Gasteiger partial charge is 0.379 e. The van der Waals surface area contributed by atoms with Gasteiger partial charge in [0.05, 0.1) is 23.7 Å². The van der Waals surface area contributed by atoms with Crippen LogP contribution >= 0.6 is 12.2 Å². The maximum Gasteiger partial charge on any atom is 0.417 e. The van der Waals surface area contributed by atoms with Crippen molar-refractivity contribution in [2.24, 2.45) is 17.3 Å². The molecule has 40 heavy (non-hydrogen) atoms. The number of ether oxygens (including phenoxy) is 2. The zero-order chi connectivity index (χ0) is 28.7. The zero-order valence-corrected chi connectivity index (χ0v) is 24.2. The molecule has 8 nitrogen and oxygen atoms in total. The molecule has 2 N–H and O–H groups in total. The van der Waals surface area contributed by atoms with Crippen molar-refractivity contribution in [3.63, 3.8) is 0 Å². The van der Waals surface area contributed by atoms with Crippen LogP contribution < -0.4 is 10.6 Å². The topological polar surface area (TPSA) is 79.0 Å². The molecule has 1 amide bonds. The lowest BCUT2D eigenvalue weighted by Gasteiger charge is -2.38. The SMILES string of the molecule is COC1COCCC1N[C@@H]1C[C@H]2CN(C(=S)NCC(C)C)C[C@@]2(C(=O)N2CCc3ncc(C(F)(F)F)cc3C2)C1. The predicted octanol–water partition coefficient (Wildman–Crippen LogP) is 2.99. The highest BCUT2D eigenvalue weighted by Crippen LogP contribution is 2.51. The molecule has 4 aliphatic rings. The molecule has 1 aliphatic carbocycles. The van der Waals surface area contributed by atoms with Crippen LogP contribution in [0.2, 0.25) is 0 Å². The van der Waals surface area contributed by atoms with E-state index in [0.29, 0.717) is 68.0 Å². The van der Waals surface area contributed by atoms with Gasteiger partial charge in [-0.2, -0.15) is 13.2 Å². The van der Waals surface area contributed by atoms with Gasteiger partial charge < -0.3 is 29.9 Å². The van der Waals surface area contributed by atoms with E-state index in [2.05, 4.69) is 34.4 Å². The van der Waals surface area contributed by atoms with Crippen LogP contribution in [0, 0.1) is 17.3 Å². The van der Waals surface area contributed by atoms with Gasteiger partial charge in [-0.3, -0.25) is 9.78 Å². The van der Waals surface area contributed by atoms with Gasteiger partial charge >= 0.3 is 6.18 Å². The first-order valence-electron chi connectivity index (χ1n) is 14.2. The Balaban J connectivity index is 1.36. The fraction of sp³-hybridized carbons (Fsp3) is 0.750. The van der Waals surface area contributed by atoms with Crippen LogP contribution in [0.4, 0.5) is 13.2 Å². The van der Waals surface area contributed by atoms with Crippen molar-refractivity contribution in [2.45, 2.75) is 70.4 Å². The first kappa shape index (κ1) is 29.5. The number of nitrogens with zero attached hydrogens (tertiary/aromatic N) is 3. The Morgan fingerprint density at radius 1 is 1.35 bits per heavy atom. The number of likely N-dealkylation sites (tertiary alicyclic amines) is 1. The number of pyridine rings is 1. The molecule has 2 saturated heterocycles. The number of nitrogens with one attached hydrogen (secondary N) is 2. The second kappa shape index (κ2) is 11.7. The van der Waals surface area contributed by atoms with Gasteiger partial charge in [-0.05, 0) is 54.9 Å². The summed E-state index contributed by atoms with van der Waals surface area (Å²) in [5, 5.41) is 7.78. The minimum Gasteiger partial charge on any atom is -0.379 e. The van der Waals surface area contributed by atoms with Crippen LogP contribution in [-0.2, 0) is 33.4 Å². The summed E-state index contributed by atoms with van der Waals surface area (Å²) in [6.07, 6.45) is -0.867. The van der Waals surface area contributed by atoms with E-state index in [1.54, 1.807) is 12.0 Å². The Bertz CT molecular complexity index is 1110. The van der Waals surface area contributed by atoms with Gasteiger partial charge in [-0.25, -0.2) is 0 Å². The van der Waals surface area contributed by atoms with Crippen LogP contribution in [-0.4, -0.2) is 90.5 Å². The van der Waals surface area contributed by atoms with Crippen LogP contribution in [0.15, 0.2) is 12.3 Å². The quantitative estimate of drug-likeness (QED) is 0.495. The van der Waals surface area contributed by atoms with Crippen molar-refractivity contribution in [1.82, 2.24) is 25.4 Å². The summed E-state index contributed by atoms with van der Waals surface area (Å²) in [5.41, 5.74) is -0.334. The van der Waals surface area contributed by atoms with E-state index in [4.69, 9.17) is 21.7 Å². The van der Waals surface area contributed by atoms with E-state index in [-0.39, 0.29) is 36.6 Å². The second-order valence-electron chi connectivity index (χ2n) is 12.2. The van der Waals surface area contributed by atoms with Crippen molar-refractivity contribution in [2.75, 3.05) is 46.5 Å². The van der Waals surface area contributed by atoms with Crippen molar-refractivity contribution < 1.29 is 27.4 Å². The van der Waals surface area contributed by atoms with E-state index >= 15 is 0 Å². The van der Waals surface area contributed by atoms with Crippen molar-refractivity contribution in [3.8, 4) is 0 Å². The maximum absolute atomic E-state index is 14.4. The highest BCUT2D eigenvalue weighted by molar-refractivity contribution is 7.80. The third-order valence-electron chi connectivity index (χ3n) is 8.96. The fourth-order valence-electron chi connectivity index (χ4n) is 6.89. The molecule has 0 bridgehead atoms. The molecule has 0 spiro atoms. The Hall–Kier alpha value is -2.02. The van der Waals surface area contributed by atoms with E-state index in [9.17, 15) is 18.0 Å². The summed E-state index contributed by atoms with van der Waals surface area (Å²) in [4.78, 5) is 22.4. The number of carbonyl (C=O) groups excluding carboxylic acids is 1. The third kappa shape index (κ3) is 5.96. The Morgan fingerprint density at radius 2 is 2.15 bits per heavy atom. The minimum atomic E-state index is -4.47. The number of rotatable bonds is 6. The van der Waals surface area contributed by atoms with Gasteiger partial charge in [0.1, 0.15) is 0 Å². The molecule has 1 saturated carbocycles. The molecule has 5 rings (SSSR count). The average Bonchev–Trinajstić information content (AvgIpc) is 3.45. The van der Waals surface area contributed by atoms with Gasteiger partial charge in [0, 0.05) is 76.8 Å². The molecule has 0 radical (unpaired) electrons. The average molecular weight is 584 g/mol. The third-order valence-corrected chi connectivity index (χ3v) is 9.36. The molecule has 3 fully saturated rings. The molecule has 3 aliphatic heterocycles. The van der Waals surface area contributed by atoms with Crippen molar-refractivity contribution in [1.29, 1.82) is 0 Å². The Morgan fingerprint density at radius 3 is 2.88 bits per heavy atom. The summed E-state index contributed by atoms with van der Waals surface area (Å²) < 4.78 is 51.4. The van der Waals surface area contributed by atoms with Gasteiger partial charge in [0.15, 0.2) is 5.11 Å². The molecule has 1 aromatic heterocycles. The fourth-order valence-corrected chi connectivity index (χ4v) is 7.12. The number of fused-ring (bicyclic) bond motifs is 2. The number of hydrogen-bond donors (Lipinski definition) is 2. The monoisotopic (exact) mass is 583 g/mol. The molecular formula is C28H40F3N5O3S. The maximum atomic E-state index is 14.4. The Kier molecular flexibility index (Phi) is 8.62. The van der Waals surface area contributed by atoms with Crippen molar-refractivity contribution in [3.05, 3.63) is 29.1 Å². The molecule has 222 valence electrons. The molecule has 12 heteroatoms. The normalized spacial score (nSPS) is 30.4. The first-order chi connectivity index (χ1) is 19.0. The van der Waals surface area contributed by atoms with E-state index in [1.807, 2.05) is 0 Å². The number of amides is 1. The summed E-state index contributed by atoms with van der Waals surface area (Å²) in [5.74, 6) is 0.522. The molecule has 5 atom stereocenters. The van der Waals surface area contributed by atoms with E-state index in [0.717, 1.165) is 31.6 Å². The number of methoxy groups -OCH3 is 1. The first-order valence-corrected chi connectivity index (χ1v) is 14.6. The number of carbonyl (C=O) groups is 1. The highest BCUT2D eigenvalue weighted by atomic mass is 32.1.